The smallest absolute Gasteiger partial charge is 0.352 e. The molecule has 4 nitrogen and oxygen atoms in total. The summed E-state index contributed by atoms with van der Waals surface area (Å²) in [6.45, 7) is 0.407. The van der Waals surface area contributed by atoms with Crippen LogP contribution in [-0.2, 0) is 6.54 Å². The van der Waals surface area contributed by atoms with Crippen molar-refractivity contribution in [2.75, 3.05) is 0 Å². The predicted molar refractivity (Wildman–Crippen MR) is 86.8 cm³/mol. The summed E-state index contributed by atoms with van der Waals surface area (Å²) in [5, 5.41) is 9.38. The number of carboxylic acid groups (broad SMARTS) is 1. The van der Waals surface area contributed by atoms with Crippen LogP contribution in [0, 0.1) is 0 Å². The van der Waals surface area contributed by atoms with Crippen molar-refractivity contribution in [1.29, 1.82) is 0 Å². The highest BCUT2D eigenvalue weighted by Gasteiger charge is 2.17. The van der Waals surface area contributed by atoms with Crippen molar-refractivity contribution in [2.24, 2.45) is 0 Å². The molecule has 114 valence electrons. The first-order valence-electron chi connectivity index (χ1n) is 7.22. The zero-order valence-electron chi connectivity index (χ0n) is 12.3. The van der Waals surface area contributed by atoms with Gasteiger partial charge in [0.1, 0.15) is 5.69 Å². The normalized spacial score (nSPS) is 10.4. The highest BCUT2D eigenvalue weighted by atomic mass is 16.4. The van der Waals surface area contributed by atoms with E-state index in [2.05, 4.69) is 0 Å². The summed E-state index contributed by atoms with van der Waals surface area (Å²) >= 11 is 0. The molecule has 0 aliphatic heterocycles. The first-order chi connectivity index (χ1) is 11.1. The fourth-order valence-corrected chi connectivity index (χ4v) is 2.48. The standard InChI is InChI=1S/C19H15NO3/c21-18(15-9-5-2-6-10-15)16-11-17(19(22)23)20(13-16)12-14-7-3-1-4-8-14/h1-11,13H,12H2,(H,22,23). The maximum Gasteiger partial charge on any atom is 0.352 e. The van der Waals surface area contributed by atoms with Crippen LogP contribution < -0.4 is 0 Å². The minimum atomic E-state index is -1.05. The van der Waals surface area contributed by atoms with E-state index in [0.717, 1.165) is 5.56 Å². The average Bonchev–Trinajstić information content (AvgIpc) is 3.00. The van der Waals surface area contributed by atoms with E-state index in [9.17, 15) is 14.7 Å². The van der Waals surface area contributed by atoms with Gasteiger partial charge in [0.05, 0.1) is 0 Å². The van der Waals surface area contributed by atoms with Gasteiger partial charge in [-0.1, -0.05) is 60.7 Å². The number of hydrogen-bond acceptors (Lipinski definition) is 2. The lowest BCUT2D eigenvalue weighted by molar-refractivity contribution is 0.0685. The zero-order chi connectivity index (χ0) is 16.2. The monoisotopic (exact) mass is 305 g/mol. The average molecular weight is 305 g/mol. The van der Waals surface area contributed by atoms with E-state index in [1.54, 1.807) is 35.0 Å². The number of aromatic carboxylic acids is 1. The summed E-state index contributed by atoms with van der Waals surface area (Å²) in [7, 11) is 0. The molecule has 3 aromatic rings. The van der Waals surface area contributed by atoms with Crippen LogP contribution in [0.15, 0.2) is 72.9 Å². The molecule has 0 radical (unpaired) electrons. The Morgan fingerprint density at radius 3 is 2.09 bits per heavy atom. The number of nitrogens with zero attached hydrogens (tertiary/aromatic N) is 1. The van der Waals surface area contributed by atoms with Gasteiger partial charge in [-0.25, -0.2) is 4.79 Å². The first-order valence-corrected chi connectivity index (χ1v) is 7.22. The number of rotatable bonds is 5. The molecule has 0 amide bonds. The molecule has 0 aliphatic rings. The van der Waals surface area contributed by atoms with Crippen LogP contribution in [0.5, 0.6) is 0 Å². The van der Waals surface area contributed by atoms with Gasteiger partial charge >= 0.3 is 5.97 Å². The minimum Gasteiger partial charge on any atom is -0.477 e. The second kappa shape index (κ2) is 6.32. The van der Waals surface area contributed by atoms with Crippen molar-refractivity contribution in [2.45, 2.75) is 6.54 Å². The molecule has 0 unspecified atom stereocenters. The van der Waals surface area contributed by atoms with Crippen molar-refractivity contribution in [3.8, 4) is 0 Å². The van der Waals surface area contributed by atoms with E-state index in [1.165, 1.54) is 6.07 Å². The maximum absolute atomic E-state index is 12.5. The van der Waals surface area contributed by atoms with Gasteiger partial charge in [-0.15, -0.1) is 0 Å². The number of carbonyl (C=O) groups excluding carboxylic acids is 1. The Morgan fingerprint density at radius 2 is 1.48 bits per heavy atom. The molecule has 1 heterocycles. The molecule has 3 rings (SSSR count). The fraction of sp³-hybridized carbons (Fsp3) is 0.0526. The van der Waals surface area contributed by atoms with Gasteiger partial charge in [0.2, 0.25) is 0 Å². The Hall–Kier alpha value is -3.14. The summed E-state index contributed by atoms with van der Waals surface area (Å²) in [5.41, 5.74) is 2.00. The highest BCUT2D eigenvalue weighted by molar-refractivity contribution is 6.09. The molecule has 23 heavy (non-hydrogen) atoms. The number of carbonyl (C=O) groups is 2. The molecule has 0 aliphatic carbocycles. The summed E-state index contributed by atoms with van der Waals surface area (Å²) in [6.07, 6.45) is 1.60. The van der Waals surface area contributed by atoms with E-state index in [0.29, 0.717) is 17.7 Å². The Kier molecular flexibility index (Phi) is 4.06. The molecular formula is C19H15NO3. The van der Waals surface area contributed by atoms with Gasteiger partial charge in [0, 0.05) is 23.9 Å². The van der Waals surface area contributed by atoms with Crippen LogP contribution in [0.1, 0.15) is 32.0 Å². The third-order valence-electron chi connectivity index (χ3n) is 3.61. The zero-order valence-corrected chi connectivity index (χ0v) is 12.3. The number of aromatic nitrogens is 1. The number of carboxylic acids is 1. The summed E-state index contributed by atoms with van der Waals surface area (Å²) in [4.78, 5) is 23.9. The maximum atomic E-state index is 12.5. The number of ketones is 1. The lowest BCUT2D eigenvalue weighted by atomic mass is 10.1. The van der Waals surface area contributed by atoms with Crippen LogP contribution >= 0.6 is 0 Å². The van der Waals surface area contributed by atoms with Crippen LogP contribution in [0.4, 0.5) is 0 Å². The van der Waals surface area contributed by atoms with Gasteiger partial charge in [0.15, 0.2) is 5.78 Å². The molecule has 1 aromatic heterocycles. The molecule has 0 saturated carbocycles. The molecular weight excluding hydrogens is 290 g/mol. The second-order valence-electron chi connectivity index (χ2n) is 5.23. The number of benzene rings is 2. The third kappa shape index (κ3) is 3.21. The molecule has 0 saturated heterocycles. The Balaban J connectivity index is 1.96. The van der Waals surface area contributed by atoms with Gasteiger partial charge in [-0.3, -0.25) is 4.79 Å². The van der Waals surface area contributed by atoms with Crippen molar-refractivity contribution >= 4 is 11.8 Å². The van der Waals surface area contributed by atoms with Crippen molar-refractivity contribution in [3.05, 3.63) is 95.3 Å². The molecule has 1 N–H and O–H groups in total. The van der Waals surface area contributed by atoms with Crippen LogP contribution in [0.25, 0.3) is 0 Å². The van der Waals surface area contributed by atoms with E-state index in [1.807, 2.05) is 36.4 Å². The van der Waals surface area contributed by atoms with Crippen LogP contribution in [-0.4, -0.2) is 21.4 Å². The molecule has 0 fully saturated rings. The van der Waals surface area contributed by atoms with Crippen molar-refractivity contribution < 1.29 is 14.7 Å². The molecule has 4 heteroatoms. The second-order valence-corrected chi connectivity index (χ2v) is 5.23. The molecule has 0 bridgehead atoms. The number of hydrogen-bond donors (Lipinski definition) is 1. The summed E-state index contributed by atoms with van der Waals surface area (Å²) in [6, 6.07) is 19.8. The van der Waals surface area contributed by atoms with Gasteiger partial charge in [-0.05, 0) is 11.6 Å². The van der Waals surface area contributed by atoms with Crippen LogP contribution in [0.3, 0.4) is 0 Å². The van der Waals surface area contributed by atoms with E-state index >= 15 is 0 Å². The highest BCUT2D eigenvalue weighted by Crippen LogP contribution is 2.16. The van der Waals surface area contributed by atoms with Gasteiger partial charge in [0.25, 0.3) is 0 Å². The Morgan fingerprint density at radius 1 is 0.870 bits per heavy atom. The molecule has 0 atom stereocenters. The van der Waals surface area contributed by atoms with E-state index in [4.69, 9.17) is 0 Å². The lowest BCUT2D eigenvalue weighted by Crippen LogP contribution is -2.08. The van der Waals surface area contributed by atoms with Crippen LogP contribution in [0.2, 0.25) is 0 Å². The molecule has 0 spiro atoms. The predicted octanol–water partition coefficient (Wildman–Crippen LogP) is 3.47. The van der Waals surface area contributed by atoms with Crippen molar-refractivity contribution in [1.82, 2.24) is 4.57 Å². The Labute approximate surface area is 133 Å². The van der Waals surface area contributed by atoms with Gasteiger partial charge < -0.3 is 9.67 Å². The molecule has 2 aromatic carbocycles. The largest absolute Gasteiger partial charge is 0.477 e. The van der Waals surface area contributed by atoms with E-state index < -0.39 is 5.97 Å². The minimum absolute atomic E-state index is 0.105. The topological polar surface area (TPSA) is 59.3 Å². The Bertz CT molecular complexity index is 836. The van der Waals surface area contributed by atoms with E-state index in [-0.39, 0.29) is 11.5 Å². The lowest BCUT2D eigenvalue weighted by Gasteiger charge is -2.05. The summed E-state index contributed by atoms with van der Waals surface area (Å²) in [5.74, 6) is -1.23. The SMILES string of the molecule is O=C(c1ccccc1)c1cc(C(=O)O)n(Cc2ccccc2)c1. The first kappa shape index (κ1) is 14.8. The van der Waals surface area contributed by atoms with Gasteiger partial charge in [-0.2, -0.15) is 0 Å². The quantitative estimate of drug-likeness (QED) is 0.734. The summed E-state index contributed by atoms with van der Waals surface area (Å²) < 4.78 is 1.59. The fourth-order valence-electron chi connectivity index (χ4n) is 2.48. The third-order valence-corrected chi connectivity index (χ3v) is 3.61. The van der Waals surface area contributed by atoms with Crippen molar-refractivity contribution in [3.63, 3.8) is 0 Å².